The molecule has 0 radical (unpaired) electrons. The van der Waals surface area contributed by atoms with Crippen molar-refractivity contribution in [1.82, 2.24) is 4.90 Å². The van der Waals surface area contributed by atoms with Crippen molar-refractivity contribution in [3.8, 4) is 0 Å². The quantitative estimate of drug-likeness (QED) is 0.698. The van der Waals surface area contributed by atoms with Crippen LogP contribution in [0, 0.1) is 0 Å². The van der Waals surface area contributed by atoms with Crippen LogP contribution in [0.25, 0.3) is 0 Å². The number of carbonyl (C=O) groups is 1. The zero-order valence-electron chi connectivity index (χ0n) is 10.1. The molecule has 0 saturated carbocycles. The van der Waals surface area contributed by atoms with Crippen molar-refractivity contribution in [3.05, 3.63) is 0 Å². The fraction of sp³-hybridized carbons (Fsp3) is 0.909. The van der Waals surface area contributed by atoms with Crippen LogP contribution >= 0.6 is 0 Å². The second-order valence-corrected chi connectivity index (χ2v) is 5.13. The minimum atomic E-state index is -0.661. The monoisotopic (exact) mass is 231 g/mol. The van der Waals surface area contributed by atoms with Crippen LogP contribution in [0.4, 0.5) is 4.79 Å². The molecule has 2 atom stereocenters. The standard InChI is InChI=1S/C11H21NO4/c1-11(2,3)16-10(15)12-6-4-5-9(14)8(12)7-13/h8-9,13-14H,4-7H2,1-3H3/t8-,9+/m0/s1. The lowest BCUT2D eigenvalue weighted by Crippen LogP contribution is -2.54. The molecule has 1 rings (SSSR count). The summed E-state index contributed by atoms with van der Waals surface area (Å²) in [6.45, 7) is 5.66. The van der Waals surface area contributed by atoms with Crippen LogP contribution in [-0.4, -0.2) is 52.1 Å². The molecule has 1 aliphatic heterocycles. The summed E-state index contributed by atoms with van der Waals surface area (Å²) >= 11 is 0. The highest BCUT2D eigenvalue weighted by Crippen LogP contribution is 2.20. The number of piperidine rings is 1. The molecule has 1 amide bonds. The molecule has 0 aliphatic carbocycles. The lowest BCUT2D eigenvalue weighted by molar-refractivity contribution is -0.0371. The topological polar surface area (TPSA) is 70.0 Å². The lowest BCUT2D eigenvalue weighted by atomic mass is 10.00. The molecule has 0 unspecified atom stereocenters. The third kappa shape index (κ3) is 3.35. The van der Waals surface area contributed by atoms with Crippen molar-refractivity contribution >= 4 is 6.09 Å². The SMILES string of the molecule is CC(C)(C)OC(=O)N1CCC[C@@H](O)[C@@H]1CO. The predicted molar refractivity (Wildman–Crippen MR) is 59.1 cm³/mol. The summed E-state index contributed by atoms with van der Waals surface area (Å²) in [5.74, 6) is 0. The fourth-order valence-corrected chi connectivity index (χ4v) is 1.80. The Bertz CT molecular complexity index is 249. The maximum Gasteiger partial charge on any atom is 0.410 e. The average Bonchev–Trinajstić information content (AvgIpc) is 2.14. The normalized spacial score (nSPS) is 26.7. The Morgan fingerprint density at radius 1 is 1.50 bits per heavy atom. The number of ether oxygens (including phenoxy) is 1. The van der Waals surface area contributed by atoms with Crippen molar-refractivity contribution in [2.24, 2.45) is 0 Å². The summed E-state index contributed by atoms with van der Waals surface area (Å²) in [5.41, 5.74) is -0.556. The molecule has 0 bridgehead atoms. The van der Waals surface area contributed by atoms with Crippen LogP contribution in [0.2, 0.25) is 0 Å². The highest BCUT2D eigenvalue weighted by atomic mass is 16.6. The van der Waals surface area contributed by atoms with Gasteiger partial charge in [0.25, 0.3) is 0 Å². The van der Waals surface area contributed by atoms with Crippen LogP contribution < -0.4 is 0 Å². The minimum Gasteiger partial charge on any atom is -0.444 e. The molecule has 2 N–H and O–H groups in total. The number of hydrogen-bond donors (Lipinski definition) is 2. The van der Waals surface area contributed by atoms with Crippen LogP contribution in [0.5, 0.6) is 0 Å². The van der Waals surface area contributed by atoms with Gasteiger partial charge >= 0.3 is 6.09 Å². The van der Waals surface area contributed by atoms with Crippen molar-refractivity contribution < 1.29 is 19.7 Å². The van der Waals surface area contributed by atoms with Crippen LogP contribution in [0.15, 0.2) is 0 Å². The summed E-state index contributed by atoms with van der Waals surface area (Å²) < 4.78 is 5.22. The first-order valence-electron chi connectivity index (χ1n) is 5.63. The van der Waals surface area contributed by atoms with Gasteiger partial charge in [-0.3, -0.25) is 0 Å². The zero-order valence-corrected chi connectivity index (χ0v) is 10.1. The van der Waals surface area contributed by atoms with E-state index in [1.54, 1.807) is 20.8 Å². The molecule has 0 aromatic rings. The fourth-order valence-electron chi connectivity index (χ4n) is 1.80. The number of rotatable bonds is 1. The summed E-state index contributed by atoms with van der Waals surface area (Å²) in [5, 5.41) is 18.8. The summed E-state index contributed by atoms with van der Waals surface area (Å²) in [6.07, 6.45) is 0.220. The first kappa shape index (κ1) is 13.3. The first-order valence-corrected chi connectivity index (χ1v) is 5.63. The van der Waals surface area contributed by atoms with E-state index in [-0.39, 0.29) is 6.61 Å². The van der Waals surface area contributed by atoms with Crippen LogP contribution in [0.1, 0.15) is 33.6 Å². The Hall–Kier alpha value is -0.810. The van der Waals surface area contributed by atoms with Gasteiger partial charge in [0.2, 0.25) is 0 Å². The van der Waals surface area contributed by atoms with Gasteiger partial charge in [0, 0.05) is 6.54 Å². The summed E-state index contributed by atoms with van der Waals surface area (Å²) in [7, 11) is 0. The van der Waals surface area contributed by atoms with Gasteiger partial charge in [-0.05, 0) is 33.6 Å². The Morgan fingerprint density at radius 3 is 2.62 bits per heavy atom. The smallest absolute Gasteiger partial charge is 0.410 e. The molecule has 1 aliphatic rings. The minimum absolute atomic E-state index is 0.236. The number of nitrogens with zero attached hydrogens (tertiary/aromatic N) is 1. The zero-order chi connectivity index (χ0) is 12.3. The summed E-state index contributed by atoms with van der Waals surface area (Å²) in [4.78, 5) is 13.2. The number of aliphatic hydroxyl groups excluding tert-OH is 2. The van der Waals surface area contributed by atoms with Gasteiger partial charge < -0.3 is 19.8 Å². The van der Waals surface area contributed by atoms with Gasteiger partial charge in [0.15, 0.2) is 0 Å². The Kier molecular flexibility index (Phi) is 4.15. The number of hydrogen-bond acceptors (Lipinski definition) is 4. The third-order valence-corrected chi connectivity index (χ3v) is 2.56. The average molecular weight is 231 g/mol. The third-order valence-electron chi connectivity index (χ3n) is 2.56. The van der Waals surface area contributed by atoms with Crippen LogP contribution in [-0.2, 0) is 4.74 Å². The molecule has 5 nitrogen and oxygen atoms in total. The molecule has 94 valence electrons. The molecular weight excluding hydrogens is 210 g/mol. The lowest BCUT2D eigenvalue weighted by Gasteiger charge is -2.38. The number of likely N-dealkylation sites (tertiary alicyclic amines) is 1. The van der Waals surface area contributed by atoms with Crippen molar-refractivity contribution in [1.29, 1.82) is 0 Å². The number of carbonyl (C=O) groups excluding carboxylic acids is 1. The van der Waals surface area contributed by atoms with E-state index in [0.717, 1.165) is 6.42 Å². The highest BCUT2D eigenvalue weighted by molar-refractivity contribution is 5.68. The Labute approximate surface area is 96.0 Å². The molecule has 0 spiro atoms. The molecule has 0 aromatic heterocycles. The molecular formula is C11H21NO4. The van der Waals surface area contributed by atoms with E-state index in [1.807, 2.05) is 0 Å². The van der Waals surface area contributed by atoms with E-state index in [0.29, 0.717) is 13.0 Å². The Balaban J connectivity index is 2.66. The van der Waals surface area contributed by atoms with Gasteiger partial charge in [0.1, 0.15) is 5.60 Å². The van der Waals surface area contributed by atoms with Crippen molar-refractivity contribution in [2.45, 2.75) is 51.4 Å². The van der Waals surface area contributed by atoms with E-state index >= 15 is 0 Å². The van der Waals surface area contributed by atoms with E-state index < -0.39 is 23.8 Å². The molecule has 0 aromatic carbocycles. The second kappa shape index (κ2) is 5.01. The second-order valence-electron chi connectivity index (χ2n) is 5.13. The van der Waals surface area contributed by atoms with Crippen molar-refractivity contribution in [3.63, 3.8) is 0 Å². The van der Waals surface area contributed by atoms with E-state index in [9.17, 15) is 9.90 Å². The first-order chi connectivity index (χ1) is 7.35. The highest BCUT2D eigenvalue weighted by Gasteiger charge is 2.35. The largest absolute Gasteiger partial charge is 0.444 e. The van der Waals surface area contributed by atoms with Crippen molar-refractivity contribution in [2.75, 3.05) is 13.2 Å². The van der Waals surface area contributed by atoms with Gasteiger partial charge in [-0.15, -0.1) is 0 Å². The Morgan fingerprint density at radius 2 is 2.12 bits per heavy atom. The van der Waals surface area contributed by atoms with Gasteiger partial charge in [-0.1, -0.05) is 0 Å². The number of amides is 1. The molecule has 16 heavy (non-hydrogen) atoms. The van der Waals surface area contributed by atoms with Gasteiger partial charge in [0.05, 0.1) is 18.8 Å². The maximum absolute atomic E-state index is 11.8. The molecule has 1 fully saturated rings. The van der Waals surface area contributed by atoms with Crippen LogP contribution in [0.3, 0.4) is 0 Å². The van der Waals surface area contributed by atoms with Gasteiger partial charge in [-0.25, -0.2) is 4.79 Å². The maximum atomic E-state index is 11.8. The summed E-state index contributed by atoms with van der Waals surface area (Å²) in [6, 6.07) is -0.538. The molecule has 5 heteroatoms. The molecule has 1 saturated heterocycles. The van der Waals surface area contributed by atoms with E-state index in [4.69, 9.17) is 9.84 Å². The van der Waals surface area contributed by atoms with E-state index in [1.165, 1.54) is 4.90 Å². The van der Waals surface area contributed by atoms with E-state index in [2.05, 4.69) is 0 Å². The van der Waals surface area contributed by atoms with Gasteiger partial charge in [-0.2, -0.15) is 0 Å². The number of aliphatic hydroxyl groups is 2. The molecule has 1 heterocycles. The predicted octanol–water partition coefficient (Wildman–Crippen LogP) is 0.739.